The fourth-order valence-corrected chi connectivity index (χ4v) is 7.47. The third-order valence-corrected chi connectivity index (χ3v) is 10.7. The highest BCUT2D eigenvalue weighted by molar-refractivity contribution is 7.91. The lowest BCUT2D eigenvalue weighted by Crippen LogP contribution is -2.58. The molecule has 2 aliphatic carbocycles. The number of amides is 4. The summed E-state index contributed by atoms with van der Waals surface area (Å²) in [4.78, 5) is 68.6. The summed E-state index contributed by atoms with van der Waals surface area (Å²) in [5.41, 5.74) is -2.32. The van der Waals surface area contributed by atoms with Gasteiger partial charge in [0.1, 0.15) is 35.1 Å². The molecule has 5 unspecified atom stereocenters. The highest BCUT2D eigenvalue weighted by atomic mass is 32.2. The number of carbonyl (C=O) groups is 5. The standard InChI is InChI=1S/C33H43FN4O9S/c1-32(2,3)47-31(43)35-25-10-8-6-4-5-7-9-21-18-33(21,30(42)37-48(44,45)24-15-16-24)36-27(39)26-17-23(19-38(26)28(25)40)46-29(41)20-11-13-22(34)14-12-20/h7,9,11-14,21,23-26H,4-6,8,10,15-19H2,1-3H3,(H,35,43)(H,36,39)(H,37,42). The Kier molecular flexibility index (Phi) is 10.2. The van der Waals surface area contributed by atoms with Crippen molar-refractivity contribution in [3.63, 3.8) is 0 Å². The summed E-state index contributed by atoms with van der Waals surface area (Å²) in [5.74, 6) is -3.98. The monoisotopic (exact) mass is 690 g/mol. The van der Waals surface area contributed by atoms with Gasteiger partial charge in [0.25, 0.3) is 5.91 Å². The second-order valence-electron chi connectivity index (χ2n) is 14.0. The van der Waals surface area contributed by atoms with E-state index in [1.54, 1.807) is 26.8 Å². The number of carbonyl (C=O) groups excluding carboxylic acids is 5. The Bertz CT molecular complexity index is 1570. The van der Waals surface area contributed by atoms with Gasteiger partial charge in [0.2, 0.25) is 21.8 Å². The van der Waals surface area contributed by atoms with E-state index in [9.17, 15) is 36.8 Å². The Hall–Kier alpha value is -4.01. The summed E-state index contributed by atoms with van der Waals surface area (Å²) >= 11 is 0. The molecule has 1 aromatic rings. The number of esters is 1. The number of sulfonamides is 1. The van der Waals surface area contributed by atoms with Gasteiger partial charge in [-0.15, -0.1) is 0 Å². The first kappa shape index (κ1) is 35.3. The first-order valence-corrected chi connectivity index (χ1v) is 17.9. The van der Waals surface area contributed by atoms with Crippen LogP contribution < -0.4 is 15.4 Å². The molecule has 5 rings (SSSR count). The molecule has 2 heterocycles. The molecule has 3 N–H and O–H groups in total. The number of ether oxygens (including phenoxy) is 2. The van der Waals surface area contributed by atoms with Crippen molar-refractivity contribution in [3.8, 4) is 0 Å². The number of halogens is 1. The van der Waals surface area contributed by atoms with Crippen molar-refractivity contribution < 1.29 is 46.3 Å². The minimum Gasteiger partial charge on any atom is -0.457 e. The Labute approximate surface area is 279 Å². The van der Waals surface area contributed by atoms with E-state index in [0.717, 1.165) is 25.0 Å². The van der Waals surface area contributed by atoms with Gasteiger partial charge >= 0.3 is 12.1 Å². The van der Waals surface area contributed by atoms with Crippen LogP contribution in [0.2, 0.25) is 0 Å². The first-order chi connectivity index (χ1) is 22.6. The third-order valence-electron chi connectivity index (χ3n) is 8.89. The van der Waals surface area contributed by atoms with Gasteiger partial charge in [0, 0.05) is 12.3 Å². The number of benzene rings is 1. The SMILES string of the molecule is CC(C)(C)OC(=O)NC1CCCCCC=CC2CC2(C(=O)NS(=O)(=O)C2CC2)NC(=O)C2CC(OC(=O)c3ccc(F)cc3)CN2C1=O. The molecule has 2 saturated carbocycles. The molecule has 48 heavy (non-hydrogen) atoms. The van der Waals surface area contributed by atoms with Crippen molar-refractivity contribution in [2.75, 3.05) is 6.54 Å². The van der Waals surface area contributed by atoms with E-state index >= 15 is 0 Å². The largest absolute Gasteiger partial charge is 0.457 e. The summed E-state index contributed by atoms with van der Waals surface area (Å²) in [7, 11) is -3.91. The molecular weight excluding hydrogens is 647 g/mol. The average Bonchev–Trinajstić information content (AvgIpc) is 3.92. The lowest BCUT2D eigenvalue weighted by molar-refractivity contribution is -0.141. The molecule has 0 spiro atoms. The zero-order chi connectivity index (χ0) is 34.9. The average molecular weight is 691 g/mol. The van der Waals surface area contributed by atoms with Gasteiger partial charge < -0.3 is 25.0 Å². The molecule has 4 aliphatic rings. The van der Waals surface area contributed by atoms with Crippen LogP contribution in [0.4, 0.5) is 9.18 Å². The molecular formula is C33H43FN4O9S. The fourth-order valence-electron chi connectivity index (χ4n) is 6.10. The van der Waals surface area contributed by atoms with Crippen molar-refractivity contribution in [2.45, 2.75) is 113 Å². The molecule has 3 fully saturated rings. The lowest BCUT2D eigenvalue weighted by Gasteiger charge is -2.30. The van der Waals surface area contributed by atoms with Gasteiger partial charge in [-0.3, -0.25) is 19.1 Å². The van der Waals surface area contributed by atoms with Crippen LogP contribution in [0, 0.1) is 11.7 Å². The van der Waals surface area contributed by atoms with Gasteiger partial charge in [-0.25, -0.2) is 22.4 Å². The lowest BCUT2D eigenvalue weighted by atomic mass is 10.0. The molecule has 0 bridgehead atoms. The van der Waals surface area contributed by atoms with Crippen LogP contribution in [0.5, 0.6) is 0 Å². The summed E-state index contributed by atoms with van der Waals surface area (Å²) in [5, 5.41) is 4.74. The number of alkyl carbamates (subject to hydrolysis) is 1. The van der Waals surface area contributed by atoms with E-state index in [1.165, 1.54) is 17.0 Å². The molecule has 1 saturated heterocycles. The van der Waals surface area contributed by atoms with Crippen molar-refractivity contribution in [1.82, 2.24) is 20.3 Å². The van der Waals surface area contributed by atoms with Crippen molar-refractivity contribution in [3.05, 3.63) is 47.8 Å². The van der Waals surface area contributed by atoms with Gasteiger partial charge in [-0.2, -0.15) is 0 Å². The predicted molar refractivity (Wildman–Crippen MR) is 170 cm³/mol. The highest BCUT2D eigenvalue weighted by Crippen LogP contribution is 2.46. The van der Waals surface area contributed by atoms with Gasteiger partial charge in [0.15, 0.2) is 0 Å². The van der Waals surface area contributed by atoms with Crippen LogP contribution in [-0.4, -0.2) is 84.2 Å². The number of nitrogens with one attached hydrogen (secondary N) is 3. The summed E-state index contributed by atoms with van der Waals surface area (Å²) in [6.45, 7) is 4.86. The Morgan fingerprint density at radius 2 is 1.75 bits per heavy atom. The summed E-state index contributed by atoms with van der Waals surface area (Å²) < 4.78 is 52.0. The number of rotatable bonds is 6. The highest BCUT2D eigenvalue weighted by Gasteiger charge is 2.62. The van der Waals surface area contributed by atoms with Crippen LogP contribution in [0.1, 0.15) is 88.9 Å². The van der Waals surface area contributed by atoms with Crippen molar-refractivity contribution >= 4 is 39.8 Å². The number of hydrogen-bond acceptors (Lipinski definition) is 9. The topological polar surface area (TPSA) is 177 Å². The van der Waals surface area contributed by atoms with E-state index in [1.807, 2.05) is 6.08 Å². The van der Waals surface area contributed by atoms with Crippen LogP contribution in [0.15, 0.2) is 36.4 Å². The normalized spacial score (nSPS) is 28.1. The second-order valence-corrected chi connectivity index (χ2v) is 15.9. The number of nitrogens with zero attached hydrogens (tertiary/aromatic N) is 1. The van der Waals surface area contributed by atoms with Gasteiger partial charge in [-0.1, -0.05) is 25.0 Å². The smallest absolute Gasteiger partial charge is 0.408 e. The Balaban J connectivity index is 1.42. The van der Waals surface area contributed by atoms with E-state index < -0.39 is 86.1 Å². The second kappa shape index (κ2) is 13.8. The molecule has 262 valence electrons. The number of hydrogen-bond donors (Lipinski definition) is 3. The minimum atomic E-state index is -3.91. The van der Waals surface area contributed by atoms with E-state index in [0.29, 0.717) is 25.7 Å². The quantitative estimate of drug-likeness (QED) is 0.299. The summed E-state index contributed by atoms with van der Waals surface area (Å²) in [6.07, 6.45) is 5.81. The molecule has 0 aromatic heterocycles. The maximum Gasteiger partial charge on any atom is 0.408 e. The molecule has 0 radical (unpaired) electrons. The molecule has 5 atom stereocenters. The van der Waals surface area contributed by atoms with E-state index in [2.05, 4.69) is 15.4 Å². The molecule has 15 heteroatoms. The summed E-state index contributed by atoms with van der Waals surface area (Å²) in [6, 6.07) is 2.41. The fraction of sp³-hybridized carbons (Fsp3) is 0.606. The Morgan fingerprint density at radius 3 is 2.42 bits per heavy atom. The van der Waals surface area contributed by atoms with Crippen LogP contribution in [0.3, 0.4) is 0 Å². The Morgan fingerprint density at radius 1 is 1.04 bits per heavy atom. The van der Waals surface area contributed by atoms with Gasteiger partial charge in [0.05, 0.1) is 17.4 Å². The van der Waals surface area contributed by atoms with Crippen molar-refractivity contribution in [2.24, 2.45) is 5.92 Å². The number of fused-ring (bicyclic) bond motifs is 2. The molecule has 13 nitrogen and oxygen atoms in total. The number of allylic oxidation sites excluding steroid dienone is 1. The van der Waals surface area contributed by atoms with E-state index in [-0.39, 0.29) is 31.4 Å². The maximum absolute atomic E-state index is 14.1. The predicted octanol–water partition coefficient (Wildman–Crippen LogP) is 2.85. The van der Waals surface area contributed by atoms with Crippen LogP contribution >= 0.6 is 0 Å². The minimum absolute atomic E-state index is 0.0706. The van der Waals surface area contributed by atoms with Crippen LogP contribution in [-0.2, 0) is 33.9 Å². The third kappa shape index (κ3) is 8.52. The van der Waals surface area contributed by atoms with Gasteiger partial charge in [-0.05, 0) is 83.6 Å². The molecule has 2 aliphatic heterocycles. The van der Waals surface area contributed by atoms with E-state index in [4.69, 9.17) is 9.47 Å². The van der Waals surface area contributed by atoms with Crippen molar-refractivity contribution in [1.29, 1.82) is 0 Å². The molecule has 1 aromatic carbocycles. The maximum atomic E-state index is 14.1. The van der Waals surface area contributed by atoms with Crippen LogP contribution in [0.25, 0.3) is 0 Å². The first-order valence-electron chi connectivity index (χ1n) is 16.4. The zero-order valence-electron chi connectivity index (χ0n) is 27.3. The zero-order valence-corrected chi connectivity index (χ0v) is 28.1. The molecule has 4 amide bonds.